The Morgan fingerprint density at radius 3 is 2.20 bits per heavy atom. The van der Waals surface area contributed by atoms with Crippen LogP contribution in [0.3, 0.4) is 0 Å². The predicted molar refractivity (Wildman–Crippen MR) is 29.5 cm³/mol. The van der Waals surface area contributed by atoms with Crippen molar-refractivity contribution in [2.75, 3.05) is 0 Å². The van der Waals surface area contributed by atoms with Gasteiger partial charge in [-0.3, -0.25) is 0 Å². The van der Waals surface area contributed by atoms with Crippen molar-refractivity contribution in [2.45, 2.75) is 13.0 Å². The van der Waals surface area contributed by atoms with Crippen LogP contribution in [0.2, 0.25) is 0 Å². The molecule has 0 aromatic rings. The van der Waals surface area contributed by atoms with Crippen molar-refractivity contribution < 1.29 is 44.9 Å². The van der Waals surface area contributed by atoms with Gasteiger partial charge in [0.2, 0.25) is 0 Å². The maximum Gasteiger partial charge on any atom is 1.00 e. The van der Waals surface area contributed by atoms with E-state index >= 15 is 0 Å². The molecule has 0 saturated heterocycles. The van der Waals surface area contributed by atoms with Gasteiger partial charge in [0, 0.05) is 0 Å². The summed E-state index contributed by atoms with van der Waals surface area (Å²) in [5.41, 5.74) is 0. The topological polar surface area (TPSA) is 87.0 Å². The summed E-state index contributed by atoms with van der Waals surface area (Å²) in [7, 11) is -2.02. The van der Waals surface area contributed by atoms with Gasteiger partial charge < -0.3 is 21.2 Å². The van der Waals surface area contributed by atoms with Crippen LogP contribution in [0.1, 0.15) is 8.35 Å². The fraction of sp³-hybridized carbons (Fsp3) is 0.667. The number of rotatable bonds is 3. The van der Waals surface area contributed by atoms with Crippen molar-refractivity contribution in [3.8, 4) is 0 Å². The molecule has 1 atom stereocenters. The quantitative estimate of drug-likeness (QED) is 0.346. The molecule has 10 heavy (non-hydrogen) atoms. The van der Waals surface area contributed by atoms with E-state index in [4.69, 9.17) is 15.2 Å². The van der Waals surface area contributed by atoms with Crippen LogP contribution >= 0.6 is 0 Å². The number of carboxylic acid groups (broad SMARTS) is 1. The Morgan fingerprint density at radius 2 is 2.10 bits per heavy atom. The van der Waals surface area contributed by atoms with Crippen molar-refractivity contribution in [1.29, 1.82) is 0 Å². The molecule has 0 aliphatic carbocycles. The Hall–Kier alpha value is 0.0123. The van der Waals surface area contributed by atoms with Crippen LogP contribution in [0.25, 0.3) is 0 Å². The van der Waals surface area contributed by atoms with Gasteiger partial charge in [-0.2, -0.15) is 0 Å². The van der Waals surface area contributed by atoms with Crippen LogP contribution in [0, 0.1) is 0 Å². The minimum Gasteiger partial charge on any atom is -1.00 e. The molecule has 3 N–H and O–H groups in total. The van der Waals surface area contributed by atoms with E-state index in [0.717, 1.165) is 0 Å². The summed E-state index contributed by atoms with van der Waals surface area (Å²) < 4.78 is 4.02. The molecule has 0 saturated carbocycles. The zero-order chi connectivity index (χ0) is 7.44. The first-order valence-corrected chi connectivity index (χ1v) is 2.28. The van der Waals surface area contributed by atoms with Crippen LogP contribution in [-0.2, 0) is 9.45 Å². The van der Waals surface area contributed by atoms with E-state index in [2.05, 4.69) is 4.65 Å². The molecule has 0 aliphatic rings. The van der Waals surface area contributed by atoms with Gasteiger partial charge in [-0.1, -0.05) is 0 Å². The number of aliphatic carboxylic acids is 1. The van der Waals surface area contributed by atoms with E-state index in [1.165, 1.54) is 6.92 Å². The Kier molecular flexibility index (Phi) is 7.31. The third-order valence-corrected chi connectivity index (χ3v) is 0.674. The first-order valence-electron chi connectivity index (χ1n) is 2.28. The van der Waals surface area contributed by atoms with Crippen molar-refractivity contribution >= 4 is 13.3 Å². The number of hydrogen-bond donors (Lipinski definition) is 3. The largest absolute Gasteiger partial charge is 1.00 e. The van der Waals surface area contributed by atoms with E-state index in [9.17, 15) is 4.79 Å². The zero-order valence-electron chi connectivity index (χ0n) is 6.81. The van der Waals surface area contributed by atoms with Crippen molar-refractivity contribution in [2.24, 2.45) is 0 Å². The minimum absolute atomic E-state index is 0. The molecule has 0 aromatic heterocycles. The average Bonchev–Trinajstić information content (AvgIpc) is 1.63. The summed E-state index contributed by atoms with van der Waals surface area (Å²) in [6.45, 7) is 1.20. The van der Waals surface area contributed by atoms with Gasteiger partial charge >= 0.3 is 32.2 Å². The molecule has 0 heterocycles. The molecule has 0 fully saturated rings. The molecule has 0 rings (SSSR count). The van der Waals surface area contributed by atoms with Crippen LogP contribution in [-0.4, -0.2) is 34.5 Å². The molecule has 0 bridgehead atoms. The van der Waals surface area contributed by atoms with E-state index in [0.29, 0.717) is 0 Å². The number of hydrogen-bond acceptors (Lipinski definition) is 4. The van der Waals surface area contributed by atoms with Crippen LogP contribution in [0.5, 0.6) is 0 Å². The van der Waals surface area contributed by atoms with Crippen LogP contribution in [0.15, 0.2) is 0 Å². The average molecular weight is 142 g/mol. The maximum absolute atomic E-state index is 9.89. The Bertz CT molecular complexity index is 112. The molecule has 0 aromatic carbocycles. The fourth-order valence-corrected chi connectivity index (χ4v) is 0.241. The summed E-state index contributed by atoms with van der Waals surface area (Å²) in [6, 6.07) is 0. The van der Waals surface area contributed by atoms with Crippen molar-refractivity contribution in [1.82, 2.24) is 0 Å². The smallest absolute Gasteiger partial charge is 1.00 e. The van der Waals surface area contributed by atoms with Gasteiger partial charge in [-0.05, 0) is 6.92 Å². The Balaban J connectivity index is -0.000000320. The standard InChI is InChI=1S/C3H7BO5.Li.H/c1-2(3(5)6)9-4(7)8;;/h2,7-8H,1H3,(H,5,6);;/q;+1;-1. The Labute approximate surface area is 71.8 Å². The first-order chi connectivity index (χ1) is 4.04. The van der Waals surface area contributed by atoms with Crippen molar-refractivity contribution in [3.63, 3.8) is 0 Å². The number of carbonyl (C=O) groups is 1. The van der Waals surface area contributed by atoms with E-state index in [-0.39, 0.29) is 20.3 Å². The molecule has 5 nitrogen and oxygen atoms in total. The van der Waals surface area contributed by atoms with Gasteiger partial charge in [0.15, 0.2) is 0 Å². The van der Waals surface area contributed by atoms with Gasteiger partial charge in [-0.25, -0.2) is 4.79 Å². The van der Waals surface area contributed by atoms with Gasteiger partial charge in [0.1, 0.15) is 6.10 Å². The Morgan fingerprint density at radius 1 is 1.70 bits per heavy atom. The maximum atomic E-state index is 9.89. The summed E-state index contributed by atoms with van der Waals surface area (Å²) in [4.78, 5) is 9.89. The molecule has 7 heteroatoms. The second-order valence-electron chi connectivity index (χ2n) is 1.44. The van der Waals surface area contributed by atoms with E-state index in [1.807, 2.05) is 0 Å². The predicted octanol–water partition coefficient (Wildman–Crippen LogP) is -4.44. The second-order valence-corrected chi connectivity index (χ2v) is 1.44. The molecule has 54 valence electrons. The monoisotopic (exact) mass is 142 g/mol. The van der Waals surface area contributed by atoms with Crippen LogP contribution < -0.4 is 18.9 Å². The first kappa shape index (κ1) is 12.7. The van der Waals surface area contributed by atoms with Gasteiger partial charge in [0.05, 0.1) is 0 Å². The molecule has 0 aliphatic heterocycles. The molecule has 0 spiro atoms. The number of carboxylic acids is 1. The normalized spacial score (nSPS) is 11.5. The molecular weight excluding hydrogens is 134 g/mol. The molecule has 0 radical (unpaired) electrons. The van der Waals surface area contributed by atoms with Crippen molar-refractivity contribution in [3.05, 3.63) is 0 Å². The van der Waals surface area contributed by atoms with E-state index < -0.39 is 19.4 Å². The van der Waals surface area contributed by atoms with Gasteiger partial charge in [-0.15, -0.1) is 0 Å². The molecule has 0 amide bonds. The van der Waals surface area contributed by atoms with E-state index in [1.54, 1.807) is 0 Å². The molecule has 1 unspecified atom stereocenters. The summed E-state index contributed by atoms with van der Waals surface area (Å²) in [5.74, 6) is -1.23. The SMILES string of the molecule is CC(OB(O)O)C(=O)O.[H-].[Li+]. The summed E-state index contributed by atoms with van der Waals surface area (Å²) in [6.07, 6.45) is -1.19. The minimum atomic E-state index is -2.02. The third kappa shape index (κ3) is 6.14. The zero-order valence-corrected chi connectivity index (χ0v) is 5.81. The molecular formula is C3H8BLiO5. The van der Waals surface area contributed by atoms with Crippen LogP contribution in [0.4, 0.5) is 0 Å². The summed E-state index contributed by atoms with van der Waals surface area (Å²) >= 11 is 0. The second kappa shape index (κ2) is 5.77. The van der Waals surface area contributed by atoms with Gasteiger partial charge in [0.25, 0.3) is 0 Å². The summed E-state index contributed by atoms with van der Waals surface area (Å²) in [5, 5.41) is 24.2. The third-order valence-electron chi connectivity index (χ3n) is 0.674. The fourth-order valence-electron chi connectivity index (χ4n) is 0.241.